The van der Waals surface area contributed by atoms with Gasteiger partial charge in [0.15, 0.2) is 5.13 Å². The Kier molecular flexibility index (Phi) is 3.21. The lowest BCUT2D eigenvalue weighted by molar-refractivity contribution is -0.129. The standard InChI is InChI=1S/C14H15N3OS/c15-14-16-11(9-19-14)12-6-7-13(18)17(12)8-10-4-2-1-3-5-10/h1-5,9,12H,6-8H2,(H2,15,16)/t12-/m1/s1. The minimum absolute atomic E-state index is 0.0706. The average molecular weight is 273 g/mol. The summed E-state index contributed by atoms with van der Waals surface area (Å²) in [6.07, 6.45) is 1.42. The van der Waals surface area contributed by atoms with Gasteiger partial charge < -0.3 is 10.6 Å². The molecule has 2 aromatic rings. The van der Waals surface area contributed by atoms with Crippen molar-refractivity contribution in [1.29, 1.82) is 0 Å². The number of nitrogen functional groups attached to an aromatic ring is 1. The molecule has 1 atom stereocenters. The number of anilines is 1. The zero-order valence-electron chi connectivity index (χ0n) is 10.5. The van der Waals surface area contributed by atoms with Gasteiger partial charge in [0.1, 0.15) is 0 Å². The van der Waals surface area contributed by atoms with Crippen LogP contribution in [0.15, 0.2) is 35.7 Å². The van der Waals surface area contributed by atoms with E-state index in [4.69, 9.17) is 5.73 Å². The average Bonchev–Trinajstić information content (AvgIpc) is 2.99. The van der Waals surface area contributed by atoms with E-state index in [-0.39, 0.29) is 11.9 Å². The molecule has 1 aliphatic heterocycles. The van der Waals surface area contributed by atoms with Gasteiger partial charge in [0.05, 0.1) is 11.7 Å². The van der Waals surface area contributed by atoms with E-state index in [9.17, 15) is 4.79 Å². The zero-order chi connectivity index (χ0) is 13.2. The predicted octanol–water partition coefficient (Wildman–Crippen LogP) is 2.59. The maximum absolute atomic E-state index is 12.0. The lowest BCUT2D eigenvalue weighted by atomic mass is 10.1. The van der Waals surface area contributed by atoms with Crippen molar-refractivity contribution in [3.8, 4) is 0 Å². The van der Waals surface area contributed by atoms with Crippen LogP contribution in [-0.2, 0) is 11.3 Å². The summed E-state index contributed by atoms with van der Waals surface area (Å²) in [5.41, 5.74) is 7.75. The minimum Gasteiger partial charge on any atom is -0.375 e. The maximum atomic E-state index is 12.0. The van der Waals surface area contributed by atoms with Crippen molar-refractivity contribution in [2.45, 2.75) is 25.4 Å². The first-order valence-corrected chi connectivity index (χ1v) is 7.16. The van der Waals surface area contributed by atoms with Crippen LogP contribution in [0.4, 0.5) is 5.13 Å². The molecular formula is C14H15N3OS. The van der Waals surface area contributed by atoms with Gasteiger partial charge in [-0.2, -0.15) is 0 Å². The SMILES string of the molecule is Nc1nc([C@H]2CCC(=O)N2Cc2ccccc2)cs1. The van der Waals surface area contributed by atoms with Crippen LogP contribution in [0.2, 0.25) is 0 Å². The quantitative estimate of drug-likeness (QED) is 0.935. The first-order valence-electron chi connectivity index (χ1n) is 6.28. The molecule has 1 aromatic carbocycles. The highest BCUT2D eigenvalue weighted by Crippen LogP contribution is 2.34. The van der Waals surface area contributed by atoms with Crippen LogP contribution < -0.4 is 5.73 Å². The highest BCUT2D eigenvalue weighted by molar-refractivity contribution is 7.13. The number of carbonyl (C=O) groups excluding carboxylic acids is 1. The molecule has 0 radical (unpaired) electrons. The Balaban J connectivity index is 1.83. The van der Waals surface area contributed by atoms with Crippen molar-refractivity contribution in [2.75, 3.05) is 5.73 Å². The molecule has 2 heterocycles. The van der Waals surface area contributed by atoms with Gasteiger partial charge in [0, 0.05) is 18.3 Å². The summed E-state index contributed by atoms with van der Waals surface area (Å²) >= 11 is 1.43. The molecule has 0 aliphatic carbocycles. The summed E-state index contributed by atoms with van der Waals surface area (Å²) in [5.74, 6) is 0.195. The van der Waals surface area contributed by atoms with Crippen molar-refractivity contribution in [2.24, 2.45) is 0 Å². The van der Waals surface area contributed by atoms with Crippen LogP contribution in [0.5, 0.6) is 0 Å². The molecule has 98 valence electrons. The van der Waals surface area contributed by atoms with E-state index in [1.54, 1.807) is 0 Å². The van der Waals surface area contributed by atoms with Crippen molar-refractivity contribution in [3.05, 3.63) is 47.0 Å². The van der Waals surface area contributed by atoms with Crippen molar-refractivity contribution < 1.29 is 4.79 Å². The molecule has 5 heteroatoms. The van der Waals surface area contributed by atoms with Gasteiger partial charge in [-0.05, 0) is 12.0 Å². The largest absolute Gasteiger partial charge is 0.375 e. The van der Waals surface area contributed by atoms with Crippen LogP contribution >= 0.6 is 11.3 Å². The predicted molar refractivity (Wildman–Crippen MR) is 75.5 cm³/mol. The number of likely N-dealkylation sites (tertiary alicyclic amines) is 1. The Morgan fingerprint density at radius 3 is 2.84 bits per heavy atom. The second kappa shape index (κ2) is 5.01. The highest BCUT2D eigenvalue weighted by atomic mass is 32.1. The van der Waals surface area contributed by atoms with Gasteiger partial charge in [0.25, 0.3) is 0 Å². The molecule has 0 bridgehead atoms. The van der Waals surface area contributed by atoms with E-state index in [0.29, 0.717) is 18.1 Å². The normalized spacial score (nSPS) is 19.1. The first-order chi connectivity index (χ1) is 9.24. The summed E-state index contributed by atoms with van der Waals surface area (Å²) in [6, 6.07) is 10.1. The molecule has 19 heavy (non-hydrogen) atoms. The van der Waals surface area contributed by atoms with E-state index < -0.39 is 0 Å². The topological polar surface area (TPSA) is 59.2 Å². The monoisotopic (exact) mass is 273 g/mol. The lowest BCUT2D eigenvalue weighted by Crippen LogP contribution is -2.27. The number of amides is 1. The van der Waals surface area contributed by atoms with Gasteiger partial charge in [-0.1, -0.05) is 30.3 Å². The third-order valence-electron chi connectivity index (χ3n) is 3.41. The van der Waals surface area contributed by atoms with E-state index in [1.165, 1.54) is 11.3 Å². The molecular weight excluding hydrogens is 258 g/mol. The van der Waals surface area contributed by atoms with Crippen molar-refractivity contribution in [3.63, 3.8) is 0 Å². The molecule has 2 N–H and O–H groups in total. The second-order valence-corrected chi connectivity index (χ2v) is 5.56. The van der Waals surface area contributed by atoms with Gasteiger partial charge in [-0.3, -0.25) is 4.79 Å². The van der Waals surface area contributed by atoms with Crippen LogP contribution in [0.1, 0.15) is 30.1 Å². The van der Waals surface area contributed by atoms with Gasteiger partial charge >= 0.3 is 0 Å². The Bertz CT molecular complexity index is 581. The fourth-order valence-electron chi connectivity index (χ4n) is 2.47. The fraction of sp³-hybridized carbons (Fsp3) is 0.286. The van der Waals surface area contributed by atoms with Gasteiger partial charge in [0.2, 0.25) is 5.91 Å². The minimum atomic E-state index is 0.0706. The molecule has 4 nitrogen and oxygen atoms in total. The van der Waals surface area contributed by atoms with Crippen LogP contribution in [0, 0.1) is 0 Å². The van der Waals surface area contributed by atoms with E-state index in [1.807, 2.05) is 40.6 Å². The Morgan fingerprint density at radius 2 is 2.16 bits per heavy atom. The number of carbonyl (C=O) groups is 1. The smallest absolute Gasteiger partial charge is 0.223 e. The second-order valence-electron chi connectivity index (χ2n) is 4.67. The van der Waals surface area contributed by atoms with E-state index in [2.05, 4.69) is 4.98 Å². The molecule has 1 fully saturated rings. The third-order valence-corrected chi connectivity index (χ3v) is 4.10. The molecule has 1 saturated heterocycles. The Hall–Kier alpha value is -1.88. The van der Waals surface area contributed by atoms with Crippen LogP contribution in [0.3, 0.4) is 0 Å². The molecule has 3 rings (SSSR count). The molecule has 0 unspecified atom stereocenters. The molecule has 0 saturated carbocycles. The van der Waals surface area contributed by atoms with Crippen molar-refractivity contribution in [1.82, 2.24) is 9.88 Å². The van der Waals surface area contributed by atoms with Crippen LogP contribution in [-0.4, -0.2) is 15.8 Å². The first kappa shape index (κ1) is 12.2. The summed E-state index contributed by atoms with van der Waals surface area (Å²) in [5, 5.41) is 2.52. The lowest BCUT2D eigenvalue weighted by Gasteiger charge is -2.23. The highest BCUT2D eigenvalue weighted by Gasteiger charge is 2.33. The summed E-state index contributed by atoms with van der Waals surface area (Å²) in [6.45, 7) is 0.641. The van der Waals surface area contributed by atoms with Gasteiger partial charge in [-0.15, -0.1) is 11.3 Å². The third kappa shape index (κ3) is 2.46. The summed E-state index contributed by atoms with van der Waals surface area (Å²) in [4.78, 5) is 18.3. The zero-order valence-corrected chi connectivity index (χ0v) is 11.3. The number of hydrogen-bond acceptors (Lipinski definition) is 4. The van der Waals surface area contributed by atoms with Crippen molar-refractivity contribution >= 4 is 22.4 Å². The van der Waals surface area contributed by atoms with E-state index in [0.717, 1.165) is 17.7 Å². The molecule has 1 aliphatic rings. The molecule has 1 aromatic heterocycles. The number of rotatable bonds is 3. The number of thiazole rings is 1. The summed E-state index contributed by atoms with van der Waals surface area (Å²) in [7, 11) is 0. The fourth-order valence-corrected chi connectivity index (χ4v) is 3.08. The number of aromatic nitrogens is 1. The summed E-state index contributed by atoms with van der Waals surface area (Å²) < 4.78 is 0. The number of hydrogen-bond donors (Lipinski definition) is 1. The number of nitrogens with two attached hydrogens (primary N) is 1. The van der Waals surface area contributed by atoms with Crippen LogP contribution in [0.25, 0.3) is 0 Å². The molecule has 1 amide bonds. The number of benzene rings is 1. The Morgan fingerprint density at radius 1 is 1.37 bits per heavy atom. The molecule has 0 spiro atoms. The van der Waals surface area contributed by atoms with Gasteiger partial charge in [-0.25, -0.2) is 4.98 Å². The maximum Gasteiger partial charge on any atom is 0.223 e. The number of nitrogens with zero attached hydrogens (tertiary/aromatic N) is 2. The van der Waals surface area contributed by atoms with E-state index >= 15 is 0 Å². The Labute approximate surface area is 115 Å².